The van der Waals surface area contributed by atoms with Gasteiger partial charge in [-0.15, -0.1) is 0 Å². The molecule has 0 aliphatic heterocycles. The van der Waals surface area contributed by atoms with E-state index in [0.717, 1.165) is 33.5 Å². The quantitative estimate of drug-likeness (QED) is 0.675. The zero-order chi connectivity index (χ0) is 16.6. The van der Waals surface area contributed by atoms with E-state index in [2.05, 4.69) is 24.0 Å². The lowest BCUT2D eigenvalue weighted by Crippen LogP contribution is -2.09. The zero-order valence-electron chi connectivity index (χ0n) is 13.9. The van der Waals surface area contributed by atoms with Gasteiger partial charge in [0, 0.05) is 29.2 Å². The van der Waals surface area contributed by atoms with E-state index in [1.54, 1.807) is 12.5 Å². The fraction of sp³-hybridized carbons (Fsp3) is 0.200. The van der Waals surface area contributed by atoms with Crippen LogP contribution in [-0.2, 0) is 0 Å². The van der Waals surface area contributed by atoms with E-state index in [4.69, 9.17) is 0 Å². The van der Waals surface area contributed by atoms with E-state index in [1.165, 1.54) is 5.56 Å². The summed E-state index contributed by atoms with van der Waals surface area (Å²) in [5, 5.41) is 0. The molecule has 2 aromatic carbocycles. The van der Waals surface area contributed by atoms with Gasteiger partial charge in [-0.2, -0.15) is 0 Å². The molecule has 0 aliphatic rings. The maximum absolute atomic E-state index is 13.1. The number of carbonyl (C=O) groups excluding carboxylic acids is 1. The molecule has 3 rings (SSSR count). The van der Waals surface area contributed by atoms with Crippen LogP contribution in [0.4, 0.5) is 0 Å². The Morgan fingerprint density at radius 3 is 2.26 bits per heavy atom. The van der Waals surface area contributed by atoms with Crippen molar-refractivity contribution in [3.05, 3.63) is 82.4 Å². The maximum atomic E-state index is 13.1. The Bertz CT molecular complexity index is 854. The lowest BCUT2D eigenvalue weighted by molar-refractivity contribution is 0.103. The topological polar surface area (TPSA) is 34.9 Å². The van der Waals surface area contributed by atoms with Crippen molar-refractivity contribution in [1.29, 1.82) is 0 Å². The van der Waals surface area contributed by atoms with Crippen LogP contribution in [0.5, 0.6) is 0 Å². The Hall–Kier alpha value is -2.68. The van der Waals surface area contributed by atoms with Crippen LogP contribution in [0.1, 0.15) is 38.2 Å². The molecule has 0 fully saturated rings. The summed E-state index contributed by atoms with van der Waals surface area (Å²) in [7, 11) is 0. The van der Waals surface area contributed by atoms with Gasteiger partial charge in [-0.25, -0.2) is 4.98 Å². The molecule has 0 N–H and O–H groups in total. The monoisotopic (exact) mass is 304 g/mol. The third-order valence-corrected chi connectivity index (χ3v) is 4.17. The Labute approximate surface area is 136 Å². The first kappa shape index (κ1) is 15.2. The molecule has 0 saturated heterocycles. The van der Waals surface area contributed by atoms with Crippen LogP contribution in [0.25, 0.3) is 5.69 Å². The summed E-state index contributed by atoms with van der Waals surface area (Å²) in [6.07, 6.45) is 5.35. The number of carbonyl (C=O) groups is 1. The number of nitrogens with zero attached hydrogens (tertiary/aromatic N) is 2. The molecule has 1 aromatic heterocycles. The molecular formula is C20H20N2O. The van der Waals surface area contributed by atoms with Crippen molar-refractivity contribution in [3.63, 3.8) is 0 Å². The molecule has 0 aliphatic carbocycles. The third-order valence-electron chi connectivity index (χ3n) is 4.17. The minimum absolute atomic E-state index is 0.0828. The Morgan fingerprint density at radius 2 is 1.65 bits per heavy atom. The number of hydrogen-bond acceptors (Lipinski definition) is 2. The average molecular weight is 304 g/mol. The summed E-state index contributed by atoms with van der Waals surface area (Å²) < 4.78 is 1.91. The molecule has 0 radical (unpaired) electrons. The summed E-state index contributed by atoms with van der Waals surface area (Å²) in [5.74, 6) is 0.0828. The van der Waals surface area contributed by atoms with Gasteiger partial charge in [-0.3, -0.25) is 4.79 Å². The highest BCUT2D eigenvalue weighted by atomic mass is 16.1. The van der Waals surface area contributed by atoms with Gasteiger partial charge in [0.25, 0.3) is 0 Å². The smallest absolute Gasteiger partial charge is 0.193 e. The Morgan fingerprint density at radius 1 is 0.957 bits per heavy atom. The minimum Gasteiger partial charge on any atom is -0.306 e. The van der Waals surface area contributed by atoms with Crippen molar-refractivity contribution in [2.75, 3.05) is 0 Å². The van der Waals surface area contributed by atoms with E-state index in [1.807, 2.05) is 49.7 Å². The van der Waals surface area contributed by atoms with Crippen LogP contribution in [0.15, 0.2) is 49.1 Å². The highest BCUT2D eigenvalue weighted by Crippen LogP contribution is 2.23. The standard InChI is InChI=1S/C20H20N2O/c1-13-9-15(3)19(16(4)10-13)20(23)18-11-17(6-5-14(18)2)22-8-7-21-12-22/h5-12H,1-4H3. The van der Waals surface area contributed by atoms with Gasteiger partial charge >= 0.3 is 0 Å². The van der Waals surface area contributed by atoms with Gasteiger partial charge in [0.05, 0.1) is 6.33 Å². The van der Waals surface area contributed by atoms with E-state index in [-0.39, 0.29) is 5.78 Å². The summed E-state index contributed by atoms with van der Waals surface area (Å²) >= 11 is 0. The van der Waals surface area contributed by atoms with Crippen molar-refractivity contribution in [1.82, 2.24) is 9.55 Å². The maximum Gasteiger partial charge on any atom is 0.193 e. The van der Waals surface area contributed by atoms with E-state index < -0.39 is 0 Å². The molecule has 0 saturated carbocycles. The van der Waals surface area contributed by atoms with Crippen molar-refractivity contribution in [2.24, 2.45) is 0 Å². The predicted molar refractivity (Wildman–Crippen MR) is 92.4 cm³/mol. The summed E-state index contributed by atoms with van der Waals surface area (Å²) in [5.41, 5.74) is 6.71. The second-order valence-corrected chi connectivity index (χ2v) is 6.07. The van der Waals surface area contributed by atoms with Crippen molar-refractivity contribution < 1.29 is 4.79 Å². The van der Waals surface area contributed by atoms with Gasteiger partial charge < -0.3 is 4.57 Å². The van der Waals surface area contributed by atoms with Crippen LogP contribution in [0.3, 0.4) is 0 Å². The number of benzene rings is 2. The van der Waals surface area contributed by atoms with Crippen LogP contribution in [-0.4, -0.2) is 15.3 Å². The molecule has 116 valence electrons. The molecule has 23 heavy (non-hydrogen) atoms. The van der Waals surface area contributed by atoms with Crippen LogP contribution in [0.2, 0.25) is 0 Å². The first-order valence-electron chi connectivity index (χ1n) is 7.69. The predicted octanol–water partition coefficient (Wildman–Crippen LogP) is 4.34. The number of ketones is 1. The molecule has 0 atom stereocenters. The molecule has 0 bridgehead atoms. The summed E-state index contributed by atoms with van der Waals surface area (Å²) in [6.45, 7) is 8.04. The fourth-order valence-electron chi connectivity index (χ4n) is 3.10. The number of aromatic nitrogens is 2. The van der Waals surface area contributed by atoms with E-state index in [0.29, 0.717) is 0 Å². The van der Waals surface area contributed by atoms with Crippen molar-refractivity contribution in [3.8, 4) is 5.69 Å². The summed E-state index contributed by atoms with van der Waals surface area (Å²) in [6, 6.07) is 10.1. The molecule has 1 heterocycles. The van der Waals surface area contributed by atoms with Crippen LogP contribution in [0, 0.1) is 27.7 Å². The fourth-order valence-corrected chi connectivity index (χ4v) is 3.10. The molecular weight excluding hydrogens is 284 g/mol. The first-order valence-corrected chi connectivity index (χ1v) is 7.69. The average Bonchev–Trinajstić information content (AvgIpc) is 3.00. The van der Waals surface area contributed by atoms with Gasteiger partial charge in [-0.05, 0) is 56.5 Å². The van der Waals surface area contributed by atoms with E-state index in [9.17, 15) is 4.79 Å². The lowest BCUT2D eigenvalue weighted by atomic mass is 9.91. The van der Waals surface area contributed by atoms with Gasteiger partial charge in [-0.1, -0.05) is 23.8 Å². The van der Waals surface area contributed by atoms with Gasteiger partial charge in [0.2, 0.25) is 0 Å². The largest absolute Gasteiger partial charge is 0.306 e. The number of aryl methyl sites for hydroxylation is 4. The van der Waals surface area contributed by atoms with Crippen LogP contribution < -0.4 is 0 Å². The van der Waals surface area contributed by atoms with E-state index >= 15 is 0 Å². The molecule has 0 unspecified atom stereocenters. The Balaban J connectivity index is 2.12. The molecule has 0 amide bonds. The highest BCUT2D eigenvalue weighted by Gasteiger charge is 2.17. The summed E-state index contributed by atoms with van der Waals surface area (Å²) in [4.78, 5) is 17.2. The lowest BCUT2D eigenvalue weighted by Gasteiger charge is -2.13. The van der Waals surface area contributed by atoms with Gasteiger partial charge in [0.1, 0.15) is 0 Å². The second-order valence-electron chi connectivity index (χ2n) is 6.07. The SMILES string of the molecule is Cc1cc(C)c(C(=O)c2cc(-n3ccnc3)ccc2C)c(C)c1. The van der Waals surface area contributed by atoms with Crippen molar-refractivity contribution >= 4 is 5.78 Å². The molecule has 3 nitrogen and oxygen atoms in total. The first-order chi connectivity index (χ1) is 11.0. The second kappa shape index (κ2) is 5.84. The normalized spacial score (nSPS) is 10.8. The third kappa shape index (κ3) is 2.82. The highest BCUT2D eigenvalue weighted by molar-refractivity contribution is 6.12. The minimum atomic E-state index is 0.0828. The number of imidazole rings is 1. The number of rotatable bonds is 3. The Kier molecular flexibility index (Phi) is 3.87. The van der Waals surface area contributed by atoms with Crippen molar-refractivity contribution in [2.45, 2.75) is 27.7 Å². The molecule has 3 heteroatoms. The zero-order valence-corrected chi connectivity index (χ0v) is 13.9. The van der Waals surface area contributed by atoms with Gasteiger partial charge in [0.15, 0.2) is 5.78 Å². The molecule has 3 aromatic rings. The molecule has 0 spiro atoms. The number of hydrogen-bond donors (Lipinski definition) is 0. The van der Waals surface area contributed by atoms with Crippen LogP contribution >= 0.6 is 0 Å².